The molecule has 1 fully saturated rings. The molecule has 1 amide bonds. The van der Waals surface area contributed by atoms with Crippen molar-refractivity contribution in [1.29, 1.82) is 0 Å². The van der Waals surface area contributed by atoms with Gasteiger partial charge in [-0.05, 0) is 80.2 Å². The number of rotatable bonds is 7. The number of ether oxygens (including phenoxy) is 1. The van der Waals surface area contributed by atoms with Gasteiger partial charge in [-0.25, -0.2) is 0 Å². The SMILES string of the molecule is COCC(=O)Nc1ccc(N2C(=S)NC(c3ccccn3)C2c2cc(C)n(-c3ccccc3O)c2C)cc1Cl. The molecule has 8 nitrogen and oxygen atoms in total. The van der Waals surface area contributed by atoms with Crippen LogP contribution in [0.4, 0.5) is 11.4 Å². The Kier molecular flexibility index (Phi) is 7.56. The van der Waals surface area contributed by atoms with Crippen molar-refractivity contribution in [3.63, 3.8) is 0 Å². The summed E-state index contributed by atoms with van der Waals surface area (Å²) in [5, 5.41) is 17.7. The highest BCUT2D eigenvalue weighted by molar-refractivity contribution is 7.80. The number of aromatic hydroxyl groups is 1. The van der Waals surface area contributed by atoms with Gasteiger partial charge in [-0.15, -0.1) is 0 Å². The number of para-hydroxylation sites is 2. The first-order valence-electron chi connectivity index (χ1n) is 12.4. The number of phenolic OH excluding ortho intramolecular Hbond substituents is 1. The average Bonchev–Trinajstić information content (AvgIpc) is 3.41. The topological polar surface area (TPSA) is 91.7 Å². The van der Waals surface area contributed by atoms with E-state index in [0.717, 1.165) is 28.3 Å². The molecule has 1 aliphatic rings. The van der Waals surface area contributed by atoms with Crippen LogP contribution in [0.25, 0.3) is 5.69 Å². The number of nitrogens with zero attached hydrogens (tertiary/aromatic N) is 3. The molecule has 0 saturated carbocycles. The molecule has 2 unspecified atom stereocenters. The predicted molar refractivity (Wildman–Crippen MR) is 157 cm³/mol. The van der Waals surface area contributed by atoms with Gasteiger partial charge in [-0.1, -0.05) is 29.8 Å². The fourth-order valence-electron chi connectivity index (χ4n) is 5.13. The molecule has 1 saturated heterocycles. The van der Waals surface area contributed by atoms with Crippen molar-refractivity contribution in [2.24, 2.45) is 0 Å². The number of thiocarbonyl (C=S) groups is 1. The van der Waals surface area contributed by atoms with Crippen LogP contribution < -0.4 is 15.5 Å². The van der Waals surface area contributed by atoms with Gasteiger partial charge in [-0.2, -0.15) is 0 Å². The van der Waals surface area contributed by atoms with Crippen LogP contribution in [-0.2, 0) is 9.53 Å². The zero-order valence-corrected chi connectivity index (χ0v) is 23.3. The van der Waals surface area contributed by atoms with E-state index in [0.29, 0.717) is 21.5 Å². The standard InChI is InChI=1S/C29H28ClN5O3S/c1-17-14-20(18(2)34(17)24-9-4-5-10-25(24)36)28-27(23-8-6-7-13-31-23)33-29(39)35(28)19-11-12-22(21(30)15-19)32-26(37)16-38-3/h4-15,27-28,36H,16H2,1-3H3,(H,32,37)(H,33,39). The predicted octanol–water partition coefficient (Wildman–Crippen LogP) is 5.61. The Bertz CT molecular complexity index is 1540. The van der Waals surface area contributed by atoms with E-state index in [1.54, 1.807) is 30.5 Å². The molecule has 3 heterocycles. The largest absolute Gasteiger partial charge is 0.506 e. The lowest BCUT2D eigenvalue weighted by Gasteiger charge is -2.28. The summed E-state index contributed by atoms with van der Waals surface area (Å²) in [7, 11) is 1.46. The number of methoxy groups -OCH3 is 1. The van der Waals surface area contributed by atoms with Gasteiger partial charge in [0.25, 0.3) is 0 Å². The second kappa shape index (κ2) is 11.1. The highest BCUT2D eigenvalue weighted by atomic mass is 35.5. The number of aromatic nitrogens is 2. The lowest BCUT2D eigenvalue weighted by molar-refractivity contribution is -0.119. The van der Waals surface area contributed by atoms with Crippen LogP contribution in [0.2, 0.25) is 5.02 Å². The molecule has 0 spiro atoms. The average molecular weight is 562 g/mol. The minimum Gasteiger partial charge on any atom is -0.506 e. The molecule has 5 rings (SSSR count). The van der Waals surface area contributed by atoms with E-state index in [9.17, 15) is 9.90 Å². The molecule has 1 aliphatic heterocycles. The Morgan fingerprint density at radius 1 is 1.15 bits per heavy atom. The lowest BCUT2D eigenvalue weighted by atomic mass is 9.96. The number of pyridine rings is 1. The number of carbonyl (C=O) groups is 1. The van der Waals surface area contributed by atoms with Crippen molar-refractivity contribution < 1.29 is 14.6 Å². The molecule has 10 heteroatoms. The third kappa shape index (κ3) is 5.08. The van der Waals surface area contributed by atoms with Crippen LogP contribution in [-0.4, -0.2) is 39.4 Å². The van der Waals surface area contributed by atoms with Crippen LogP contribution in [0.3, 0.4) is 0 Å². The summed E-state index contributed by atoms with van der Waals surface area (Å²) >= 11 is 12.5. The molecule has 2 aromatic heterocycles. The molecule has 2 aromatic carbocycles. The molecule has 4 aromatic rings. The van der Waals surface area contributed by atoms with Gasteiger partial charge in [0, 0.05) is 30.4 Å². The van der Waals surface area contributed by atoms with E-state index >= 15 is 0 Å². The lowest BCUT2D eigenvalue weighted by Crippen LogP contribution is -2.29. The molecule has 200 valence electrons. The number of halogens is 1. The van der Waals surface area contributed by atoms with Gasteiger partial charge in [0.15, 0.2) is 5.11 Å². The maximum absolute atomic E-state index is 12.0. The number of carbonyl (C=O) groups excluding carboxylic acids is 1. The van der Waals surface area contributed by atoms with Gasteiger partial charge in [-0.3, -0.25) is 9.78 Å². The molecule has 2 atom stereocenters. The summed E-state index contributed by atoms with van der Waals surface area (Å²) in [6.45, 7) is 3.97. The fourth-order valence-corrected chi connectivity index (χ4v) is 5.70. The summed E-state index contributed by atoms with van der Waals surface area (Å²) in [4.78, 5) is 18.7. The van der Waals surface area contributed by atoms with Crippen LogP contribution >= 0.6 is 23.8 Å². The third-order valence-electron chi connectivity index (χ3n) is 6.79. The van der Waals surface area contributed by atoms with E-state index in [1.807, 2.05) is 59.7 Å². The molecular formula is C29H28ClN5O3S. The number of hydrogen-bond donors (Lipinski definition) is 3. The Labute approximate surface area is 237 Å². The zero-order valence-electron chi connectivity index (χ0n) is 21.7. The normalized spacial score (nSPS) is 16.8. The first-order valence-corrected chi connectivity index (χ1v) is 13.1. The summed E-state index contributed by atoms with van der Waals surface area (Å²) in [5.41, 5.74) is 5.74. The monoisotopic (exact) mass is 561 g/mol. The quantitative estimate of drug-likeness (QED) is 0.253. The van der Waals surface area contributed by atoms with Crippen molar-refractivity contribution in [1.82, 2.24) is 14.9 Å². The molecule has 0 bridgehead atoms. The van der Waals surface area contributed by atoms with Gasteiger partial charge < -0.3 is 29.9 Å². The Balaban J connectivity index is 1.62. The number of anilines is 2. The first kappa shape index (κ1) is 26.7. The fraction of sp³-hybridized carbons (Fsp3) is 0.207. The summed E-state index contributed by atoms with van der Waals surface area (Å²) in [6.07, 6.45) is 1.76. The second-order valence-electron chi connectivity index (χ2n) is 9.29. The second-order valence-corrected chi connectivity index (χ2v) is 10.1. The molecule has 0 radical (unpaired) electrons. The molecule has 39 heavy (non-hydrogen) atoms. The van der Waals surface area contributed by atoms with Crippen LogP contribution in [0.1, 0.15) is 34.7 Å². The van der Waals surface area contributed by atoms with E-state index in [4.69, 9.17) is 28.6 Å². The minimum atomic E-state index is -0.296. The van der Waals surface area contributed by atoms with Crippen molar-refractivity contribution in [3.8, 4) is 11.4 Å². The Morgan fingerprint density at radius 3 is 2.62 bits per heavy atom. The molecule has 3 N–H and O–H groups in total. The highest BCUT2D eigenvalue weighted by Gasteiger charge is 2.42. The van der Waals surface area contributed by atoms with Gasteiger partial charge in [0.2, 0.25) is 5.91 Å². The summed E-state index contributed by atoms with van der Waals surface area (Å²) in [6, 6.07) is 20.1. The molecular weight excluding hydrogens is 534 g/mol. The van der Waals surface area contributed by atoms with Crippen molar-refractivity contribution in [2.75, 3.05) is 23.9 Å². The summed E-state index contributed by atoms with van der Waals surface area (Å²) in [5.74, 6) is -0.0999. The number of nitrogens with one attached hydrogen (secondary N) is 2. The van der Waals surface area contributed by atoms with E-state index in [1.165, 1.54) is 7.11 Å². The number of aryl methyl sites for hydroxylation is 1. The smallest absolute Gasteiger partial charge is 0.250 e. The highest BCUT2D eigenvalue weighted by Crippen LogP contribution is 2.45. The van der Waals surface area contributed by atoms with Crippen molar-refractivity contribution in [2.45, 2.75) is 25.9 Å². The Hall–Kier alpha value is -3.92. The Morgan fingerprint density at radius 2 is 1.92 bits per heavy atom. The van der Waals surface area contributed by atoms with Gasteiger partial charge in [0.1, 0.15) is 12.4 Å². The van der Waals surface area contributed by atoms with Crippen molar-refractivity contribution in [3.05, 3.63) is 101 Å². The first-order chi connectivity index (χ1) is 18.8. The number of benzene rings is 2. The van der Waals surface area contributed by atoms with Gasteiger partial charge in [0.05, 0.1) is 34.2 Å². The van der Waals surface area contributed by atoms with E-state index < -0.39 is 0 Å². The number of phenols is 1. The number of amides is 1. The van der Waals surface area contributed by atoms with E-state index in [2.05, 4.69) is 21.7 Å². The number of hydrogen-bond acceptors (Lipinski definition) is 5. The van der Waals surface area contributed by atoms with Crippen molar-refractivity contribution >= 4 is 46.2 Å². The maximum Gasteiger partial charge on any atom is 0.250 e. The maximum atomic E-state index is 12.0. The third-order valence-corrected chi connectivity index (χ3v) is 7.42. The molecule has 0 aliphatic carbocycles. The summed E-state index contributed by atoms with van der Waals surface area (Å²) < 4.78 is 6.94. The van der Waals surface area contributed by atoms with E-state index in [-0.39, 0.29) is 30.3 Å². The minimum absolute atomic E-state index is 0.0708. The van der Waals surface area contributed by atoms with Crippen LogP contribution in [0.5, 0.6) is 5.75 Å². The van der Waals surface area contributed by atoms with Gasteiger partial charge >= 0.3 is 0 Å². The zero-order chi connectivity index (χ0) is 27.7. The van der Waals surface area contributed by atoms with Crippen LogP contribution in [0.15, 0.2) is 72.9 Å². The van der Waals surface area contributed by atoms with Crippen LogP contribution in [0, 0.1) is 13.8 Å².